The van der Waals surface area contributed by atoms with Gasteiger partial charge in [0.25, 0.3) is 5.24 Å². The van der Waals surface area contributed by atoms with Crippen LogP contribution in [-0.2, 0) is 16.1 Å². The van der Waals surface area contributed by atoms with Crippen LogP contribution in [0.25, 0.3) is 0 Å². The number of carbonyl (C=O) groups excluding carboxylic acids is 2. The molecule has 0 saturated carbocycles. The van der Waals surface area contributed by atoms with Crippen LogP contribution in [0.3, 0.4) is 0 Å². The monoisotopic (exact) mass is 318 g/mol. The number of nitrogens with two attached hydrogens (primary N) is 1. The fourth-order valence-electron chi connectivity index (χ4n) is 1.67. The number of thioether (sulfide) groups is 1. The van der Waals surface area contributed by atoms with Crippen LogP contribution in [0.5, 0.6) is 5.75 Å². The summed E-state index contributed by atoms with van der Waals surface area (Å²) in [6.07, 6.45) is 0.522. The largest absolute Gasteiger partial charge is 0.491 e. The van der Waals surface area contributed by atoms with E-state index in [0.717, 1.165) is 17.3 Å². The first-order valence-corrected chi connectivity index (χ1v) is 6.62. The maximum Gasteiger partial charge on any atom is 0.286 e. The van der Waals surface area contributed by atoms with Crippen LogP contribution in [0.1, 0.15) is 5.56 Å². The van der Waals surface area contributed by atoms with Gasteiger partial charge in [-0.3, -0.25) is 14.9 Å². The van der Waals surface area contributed by atoms with E-state index in [4.69, 9.17) is 10.6 Å². The maximum absolute atomic E-state index is 11.4. The van der Waals surface area contributed by atoms with E-state index < -0.39 is 0 Å². The summed E-state index contributed by atoms with van der Waals surface area (Å²) < 4.78 is 5.37. The molecule has 1 atom stereocenters. The number of rotatable bonds is 6. The zero-order chi connectivity index (χ0) is 13.7. The Kier molecular flexibility index (Phi) is 6.80. The molecule has 1 saturated heterocycles. The molecule has 110 valence electrons. The van der Waals surface area contributed by atoms with Gasteiger partial charge in [-0.05, 0) is 24.1 Å². The molecule has 0 aliphatic carbocycles. The zero-order valence-corrected chi connectivity index (χ0v) is 12.2. The summed E-state index contributed by atoms with van der Waals surface area (Å²) in [4.78, 5) is 26.9. The van der Waals surface area contributed by atoms with Crippen molar-refractivity contribution in [3.05, 3.63) is 29.8 Å². The van der Waals surface area contributed by atoms with Crippen molar-refractivity contribution >= 4 is 35.3 Å². The lowest BCUT2D eigenvalue weighted by Crippen LogP contribution is -2.25. The minimum absolute atomic E-state index is 0. The van der Waals surface area contributed by atoms with Crippen LogP contribution in [-0.4, -0.2) is 29.6 Å². The Labute approximate surface area is 126 Å². The van der Waals surface area contributed by atoms with E-state index in [2.05, 4.69) is 10.2 Å². The van der Waals surface area contributed by atoms with Crippen molar-refractivity contribution in [2.24, 2.45) is 5.90 Å². The van der Waals surface area contributed by atoms with Crippen LogP contribution in [0.4, 0.5) is 4.79 Å². The summed E-state index contributed by atoms with van der Waals surface area (Å²) in [7, 11) is 0. The van der Waals surface area contributed by atoms with Gasteiger partial charge in [0.1, 0.15) is 19.0 Å². The Morgan fingerprint density at radius 3 is 2.45 bits per heavy atom. The van der Waals surface area contributed by atoms with Gasteiger partial charge in [-0.1, -0.05) is 23.9 Å². The van der Waals surface area contributed by atoms with E-state index in [-0.39, 0.29) is 28.8 Å². The molecule has 2 amide bonds. The molecule has 0 aromatic heterocycles. The normalized spacial score (nSPS) is 17.6. The number of benzene rings is 1. The summed E-state index contributed by atoms with van der Waals surface area (Å²) in [5.41, 5.74) is 0.977. The summed E-state index contributed by atoms with van der Waals surface area (Å²) in [6, 6.07) is 7.36. The van der Waals surface area contributed by atoms with Crippen molar-refractivity contribution in [1.82, 2.24) is 5.32 Å². The summed E-state index contributed by atoms with van der Waals surface area (Å²) in [5.74, 6) is 5.37. The Morgan fingerprint density at radius 2 is 1.90 bits per heavy atom. The first kappa shape index (κ1) is 16.8. The Hall–Kier alpha value is -1.28. The fraction of sp³-hybridized carbons (Fsp3) is 0.333. The van der Waals surface area contributed by atoms with Gasteiger partial charge < -0.3 is 9.57 Å². The molecule has 8 heteroatoms. The van der Waals surface area contributed by atoms with Crippen LogP contribution >= 0.6 is 24.2 Å². The Morgan fingerprint density at radius 1 is 1.20 bits per heavy atom. The van der Waals surface area contributed by atoms with Crippen molar-refractivity contribution in [3.8, 4) is 5.75 Å². The lowest BCUT2D eigenvalue weighted by molar-refractivity contribution is -0.118. The van der Waals surface area contributed by atoms with Crippen molar-refractivity contribution < 1.29 is 19.2 Å². The molecule has 1 aliphatic rings. The Bertz CT molecular complexity index is 469. The van der Waals surface area contributed by atoms with E-state index in [9.17, 15) is 9.59 Å². The number of ether oxygens (including phenoxy) is 1. The average molecular weight is 319 g/mol. The highest BCUT2D eigenvalue weighted by molar-refractivity contribution is 8.15. The van der Waals surface area contributed by atoms with Gasteiger partial charge >= 0.3 is 0 Å². The van der Waals surface area contributed by atoms with Crippen molar-refractivity contribution in [3.63, 3.8) is 0 Å². The molecule has 0 bridgehead atoms. The van der Waals surface area contributed by atoms with E-state index in [1.165, 1.54) is 0 Å². The SMILES string of the molecule is Cl.NOCCOc1ccc(CC2SC(=O)NC2=O)cc1. The number of halogens is 1. The van der Waals surface area contributed by atoms with E-state index in [1.807, 2.05) is 24.3 Å². The summed E-state index contributed by atoms with van der Waals surface area (Å²) in [5, 5.41) is 1.64. The van der Waals surface area contributed by atoms with Gasteiger partial charge in [0.2, 0.25) is 5.91 Å². The predicted molar refractivity (Wildman–Crippen MR) is 77.9 cm³/mol. The molecule has 20 heavy (non-hydrogen) atoms. The van der Waals surface area contributed by atoms with E-state index in [1.54, 1.807) is 0 Å². The highest BCUT2D eigenvalue weighted by atomic mass is 35.5. The lowest BCUT2D eigenvalue weighted by Gasteiger charge is -2.08. The van der Waals surface area contributed by atoms with Crippen molar-refractivity contribution in [1.29, 1.82) is 0 Å². The second kappa shape index (κ2) is 8.11. The maximum atomic E-state index is 11.4. The minimum Gasteiger partial charge on any atom is -0.491 e. The quantitative estimate of drug-likeness (QED) is 0.606. The molecule has 1 aliphatic heterocycles. The van der Waals surface area contributed by atoms with Crippen LogP contribution in [0.2, 0.25) is 0 Å². The third kappa shape index (κ3) is 4.68. The highest BCUT2D eigenvalue weighted by Gasteiger charge is 2.31. The van der Waals surface area contributed by atoms with Gasteiger partial charge in [-0.25, -0.2) is 5.90 Å². The van der Waals surface area contributed by atoms with Gasteiger partial charge in [0, 0.05) is 0 Å². The summed E-state index contributed by atoms with van der Waals surface area (Å²) in [6.45, 7) is 0.702. The zero-order valence-electron chi connectivity index (χ0n) is 10.5. The molecule has 3 N–H and O–H groups in total. The lowest BCUT2D eigenvalue weighted by atomic mass is 10.1. The second-order valence-corrected chi connectivity index (χ2v) is 5.13. The number of amides is 2. The van der Waals surface area contributed by atoms with E-state index in [0.29, 0.717) is 25.4 Å². The molecular formula is C12H15ClN2O4S. The number of imide groups is 1. The number of hydrogen-bond acceptors (Lipinski definition) is 6. The van der Waals surface area contributed by atoms with Gasteiger partial charge in [-0.2, -0.15) is 0 Å². The third-order valence-corrected chi connectivity index (χ3v) is 3.56. The molecule has 0 radical (unpaired) electrons. The first-order valence-electron chi connectivity index (χ1n) is 5.74. The van der Waals surface area contributed by atoms with Crippen LogP contribution < -0.4 is 16.0 Å². The van der Waals surface area contributed by atoms with Gasteiger partial charge in [0.15, 0.2) is 0 Å². The van der Waals surface area contributed by atoms with Crippen LogP contribution in [0.15, 0.2) is 24.3 Å². The van der Waals surface area contributed by atoms with Crippen LogP contribution in [0, 0.1) is 0 Å². The molecule has 1 fully saturated rings. The molecule has 2 rings (SSSR count). The first-order chi connectivity index (χ1) is 9.19. The summed E-state index contributed by atoms with van der Waals surface area (Å²) >= 11 is 1.03. The Balaban J connectivity index is 0.00000200. The topological polar surface area (TPSA) is 90.7 Å². The van der Waals surface area contributed by atoms with Crippen molar-refractivity contribution in [2.75, 3.05) is 13.2 Å². The molecule has 1 aromatic carbocycles. The molecule has 1 heterocycles. The molecule has 1 aromatic rings. The highest BCUT2D eigenvalue weighted by Crippen LogP contribution is 2.23. The third-order valence-electron chi connectivity index (χ3n) is 2.58. The van der Waals surface area contributed by atoms with Crippen molar-refractivity contribution in [2.45, 2.75) is 11.7 Å². The number of hydrogen-bond donors (Lipinski definition) is 2. The smallest absolute Gasteiger partial charge is 0.286 e. The molecule has 6 nitrogen and oxygen atoms in total. The number of nitrogens with one attached hydrogen (secondary N) is 1. The van der Waals surface area contributed by atoms with E-state index >= 15 is 0 Å². The average Bonchev–Trinajstić information content (AvgIpc) is 2.70. The van der Waals surface area contributed by atoms with Gasteiger partial charge in [-0.15, -0.1) is 12.4 Å². The molecule has 0 spiro atoms. The number of carbonyl (C=O) groups is 2. The molecular weight excluding hydrogens is 304 g/mol. The minimum atomic E-state index is -0.343. The second-order valence-electron chi connectivity index (χ2n) is 3.95. The standard InChI is InChI=1S/C12H14N2O4S.ClH/c13-18-6-5-17-9-3-1-8(2-4-9)7-10-11(15)14-12(16)19-10;/h1-4,10H,5-7,13H2,(H,14,15,16);1H. The van der Waals surface area contributed by atoms with Gasteiger partial charge in [0.05, 0.1) is 5.25 Å². The predicted octanol–water partition coefficient (Wildman–Crippen LogP) is 1.27. The fourth-order valence-corrected chi connectivity index (χ4v) is 2.53. The molecule has 1 unspecified atom stereocenters.